The molecule has 54 valence electrons. The number of nitrogens with one attached hydrogen (secondary N) is 1. The van der Waals surface area contributed by atoms with Gasteiger partial charge in [0.1, 0.15) is 12.3 Å². The van der Waals surface area contributed by atoms with Crippen molar-refractivity contribution >= 4 is 0 Å². The molecule has 0 bridgehead atoms. The van der Waals surface area contributed by atoms with Gasteiger partial charge in [0.2, 0.25) is 0 Å². The van der Waals surface area contributed by atoms with Gasteiger partial charge in [-0.15, -0.1) is 0 Å². The van der Waals surface area contributed by atoms with Gasteiger partial charge < -0.3 is 15.6 Å². The van der Waals surface area contributed by atoms with Crippen LogP contribution < -0.4 is 11.1 Å². The molecule has 0 amide bonds. The van der Waals surface area contributed by atoms with Crippen LogP contribution in [0.4, 0.5) is 0 Å². The van der Waals surface area contributed by atoms with Gasteiger partial charge in [0.15, 0.2) is 0 Å². The minimum absolute atomic E-state index is 0.0107. The first-order chi connectivity index (χ1) is 4.38. The predicted octanol–water partition coefficient (Wildman–Crippen LogP) is -1.75. The smallest absolute Gasteiger partial charge is 0.137 e. The second-order valence-corrected chi connectivity index (χ2v) is 2.02. The summed E-state index contributed by atoms with van der Waals surface area (Å²) in [6.45, 7) is 1.46. The van der Waals surface area contributed by atoms with Crippen molar-refractivity contribution in [3.05, 3.63) is 0 Å². The molecule has 0 saturated carbocycles. The van der Waals surface area contributed by atoms with Crippen LogP contribution in [0, 0.1) is 0 Å². The lowest BCUT2D eigenvalue weighted by Crippen LogP contribution is -2.27. The molecule has 1 saturated heterocycles. The van der Waals surface area contributed by atoms with Crippen LogP contribution in [-0.2, 0) is 4.74 Å². The van der Waals surface area contributed by atoms with Crippen molar-refractivity contribution in [1.29, 1.82) is 0 Å². The van der Waals surface area contributed by atoms with Gasteiger partial charge in [-0.1, -0.05) is 0 Å². The molecule has 0 aromatic rings. The Morgan fingerprint density at radius 1 is 1.67 bits per heavy atom. The van der Waals surface area contributed by atoms with Crippen LogP contribution in [0.2, 0.25) is 0 Å². The summed E-state index contributed by atoms with van der Waals surface area (Å²) in [5.74, 6) is 0. The molecule has 1 heterocycles. The van der Waals surface area contributed by atoms with E-state index in [2.05, 4.69) is 5.32 Å². The Hall–Kier alpha value is -0.160. The van der Waals surface area contributed by atoms with E-state index in [-0.39, 0.29) is 18.9 Å². The molecule has 0 aromatic heterocycles. The molecule has 2 atom stereocenters. The summed E-state index contributed by atoms with van der Waals surface area (Å²) >= 11 is 0. The SMILES string of the molecule is NCCNC1OC1CO. The van der Waals surface area contributed by atoms with Crippen molar-refractivity contribution in [2.24, 2.45) is 5.73 Å². The van der Waals surface area contributed by atoms with Crippen LogP contribution in [0.25, 0.3) is 0 Å². The van der Waals surface area contributed by atoms with E-state index in [4.69, 9.17) is 15.6 Å². The third kappa shape index (κ3) is 1.91. The minimum atomic E-state index is 0.0107. The molecule has 4 nitrogen and oxygen atoms in total. The third-order valence-corrected chi connectivity index (χ3v) is 1.25. The van der Waals surface area contributed by atoms with Gasteiger partial charge >= 0.3 is 0 Å². The zero-order valence-corrected chi connectivity index (χ0v) is 5.21. The Labute approximate surface area is 54.0 Å². The van der Waals surface area contributed by atoms with Gasteiger partial charge in [0.25, 0.3) is 0 Å². The fourth-order valence-corrected chi connectivity index (χ4v) is 0.687. The number of aliphatic hydroxyl groups excluding tert-OH is 1. The second-order valence-electron chi connectivity index (χ2n) is 2.02. The summed E-state index contributed by atoms with van der Waals surface area (Å²) in [7, 11) is 0. The minimum Gasteiger partial charge on any atom is -0.394 e. The zero-order valence-electron chi connectivity index (χ0n) is 5.21. The third-order valence-electron chi connectivity index (χ3n) is 1.25. The van der Waals surface area contributed by atoms with Crippen LogP contribution in [0.15, 0.2) is 0 Å². The largest absolute Gasteiger partial charge is 0.394 e. The van der Waals surface area contributed by atoms with Crippen molar-refractivity contribution in [2.75, 3.05) is 19.7 Å². The first kappa shape index (κ1) is 6.95. The van der Waals surface area contributed by atoms with Crippen LogP contribution in [-0.4, -0.2) is 37.1 Å². The first-order valence-corrected chi connectivity index (χ1v) is 3.08. The maximum Gasteiger partial charge on any atom is 0.137 e. The van der Waals surface area contributed by atoms with E-state index >= 15 is 0 Å². The number of aliphatic hydroxyl groups is 1. The summed E-state index contributed by atoms with van der Waals surface area (Å²) < 4.78 is 4.95. The average molecular weight is 132 g/mol. The Kier molecular flexibility index (Phi) is 2.41. The Bertz CT molecular complexity index is 89.0. The van der Waals surface area contributed by atoms with Gasteiger partial charge in [-0.25, -0.2) is 0 Å². The standard InChI is InChI=1S/C5H12N2O2/c6-1-2-7-5-4(3-8)9-5/h4-5,7-8H,1-3,6H2. The quantitative estimate of drug-likeness (QED) is 0.397. The Morgan fingerprint density at radius 2 is 2.44 bits per heavy atom. The summed E-state index contributed by atoms with van der Waals surface area (Å²) in [4.78, 5) is 0. The molecule has 0 aromatic carbocycles. The monoisotopic (exact) mass is 132 g/mol. The van der Waals surface area contributed by atoms with Crippen molar-refractivity contribution in [1.82, 2.24) is 5.32 Å². The van der Waals surface area contributed by atoms with Crippen LogP contribution in [0.3, 0.4) is 0 Å². The maximum absolute atomic E-state index is 8.48. The molecule has 0 spiro atoms. The molecule has 1 fully saturated rings. The van der Waals surface area contributed by atoms with Gasteiger partial charge in [-0.05, 0) is 0 Å². The van der Waals surface area contributed by atoms with Gasteiger partial charge in [0.05, 0.1) is 6.61 Å². The summed E-state index contributed by atoms with van der Waals surface area (Å²) in [5.41, 5.74) is 5.21. The van der Waals surface area contributed by atoms with E-state index in [9.17, 15) is 0 Å². The molecular weight excluding hydrogens is 120 g/mol. The van der Waals surface area contributed by atoms with Gasteiger partial charge in [-0.3, -0.25) is 5.32 Å². The number of epoxide rings is 1. The number of nitrogens with two attached hydrogens (primary N) is 1. The lowest BCUT2D eigenvalue weighted by molar-refractivity contribution is 0.240. The van der Waals surface area contributed by atoms with E-state index < -0.39 is 0 Å². The van der Waals surface area contributed by atoms with Crippen LogP contribution in [0.5, 0.6) is 0 Å². The molecule has 0 aliphatic carbocycles. The number of hydrogen-bond donors (Lipinski definition) is 3. The zero-order chi connectivity index (χ0) is 6.69. The molecule has 1 aliphatic heterocycles. The van der Waals surface area contributed by atoms with Gasteiger partial charge in [0, 0.05) is 13.1 Å². The van der Waals surface area contributed by atoms with E-state index in [0.717, 1.165) is 6.54 Å². The van der Waals surface area contributed by atoms with Crippen LogP contribution in [0.1, 0.15) is 0 Å². The lowest BCUT2D eigenvalue weighted by atomic mass is 10.4. The summed E-state index contributed by atoms with van der Waals surface area (Å²) in [6, 6.07) is 0. The topological polar surface area (TPSA) is 70.8 Å². The molecule has 0 radical (unpaired) electrons. The average Bonchev–Trinajstić information content (AvgIpc) is 2.62. The molecule has 4 heteroatoms. The fourth-order valence-electron chi connectivity index (χ4n) is 0.687. The highest BCUT2D eigenvalue weighted by molar-refractivity contribution is 4.81. The fraction of sp³-hybridized carbons (Fsp3) is 1.00. The number of rotatable bonds is 4. The highest BCUT2D eigenvalue weighted by Crippen LogP contribution is 2.16. The van der Waals surface area contributed by atoms with E-state index in [0.29, 0.717) is 6.54 Å². The Morgan fingerprint density at radius 3 is 2.89 bits per heavy atom. The van der Waals surface area contributed by atoms with E-state index in [1.165, 1.54) is 0 Å². The first-order valence-electron chi connectivity index (χ1n) is 3.08. The van der Waals surface area contributed by atoms with Crippen LogP contribution >= 0.6 is 0 Å². The second kappa shape index (κ2) is 3.12. The lowest BCUT2D eigenvalue weighted by Gasteiger charge is -1.93. The molecule has 4 N–H and O–H groups in total. The normalized spacial score (nSPS) is 32.7. The molecule has 2 unspecified atom stereocenters. The number of hydrogen-bond acceptors (Lipinski definition) is 4. The molecule has 1 aliphatic rings. The van der Waals surface area contributed by atoms with E-state index in [1.807, 2.05) is 0 Å². The maximum atomic E-state index is 8.48. The van der Waals surface area contributed by atoms with Crippen molar-refractivity contribution < 1.29 is 9.84 Å². The number of ether oxygens (including phenoxy) is 1. The summed E-state index contributed by atoms with van der Waals surface area (Å²) in [5, 5.41) is 11.5. The summed E-state index contributed by atoms with van der Waals surface area (Å²) in [6.07, 6.45) is 0.0649. The van der Waals surface area contributed by atoms with Crippen molar-refractivity contribution in [2.45, 2.75) is 12.3 Å². The van der Waals surface area contributed by atoms with Crippen molar-refractivity contribution in [3.8, 4) is 0 Å². The Balaban J connectivity index is 1.92. The van der Waals surface area contributed by atoms with Crippen molar-refractivity contribution in [3.63, 3.8) is 0 Å². The molecule has 1 rings (SSSR count). The highest BCUT2D eigenvalue weighted by Gasteiger charge is 2.37. The highest BCUT2D eigenvalue weighted by atomic mass is 16.6. The molecular formula is C5H12N2O2. The predicted molar refractivity (Wildman–Crippen MR) is 32.8 cm³/mol. The molecule has 9 heavy (non-hydrogen) atoms. The van der Waals surface area contributed by atoms with Gasteiger partial charge in [-0.2, -0.15) is 0 Å². The van der Waals surface area contributed by atoms with E-state index in [1.54, 1.807) is 0 Å².